The number of carbonyl (C=O) groups is 1. The highest BCUT2D eigenvalue weighted by Gasteiger charge is 2.42. The topological polar surface area (TPSA) is 83.8 Å². The number of hydrogen-bond acceptors (Lipinski definition) is 4. The van der Waals surface area contributed by atoms with Gasteiger partial charge in [-0.05, 0) is 18.4 Å². The molecule has 1 atom stereocenters. The number of aromatic amines is 1. The van der Waals surface area contributed by atoms with Crippen LogP contribution >= 0.6 is 11.8 Å². The first kappa shape index (κ1) is 14.2. The van der Waals surface area contributed by atoms with Crippen molar-refractivity contribution in [2.24, 2.45) is 5.73 Å². The van der Waals surface area contributed by atoms with Gasteiger partial charge in [0.25, 0.3) is 0 Å². The predicted octanol–water partition coefficient (Wildman–Crippen LogP) is 1.63. The number of carbonyl (C=O) groups excluding carboxylic acids is 1. The van der Waals surface area contributed by atoms with Crippen molar-refractivity contribution in [3.05, 3.63) is 48.3 Å². The maximum absolute atomic E-state index is 12.3. The van der Waals surface area contributed by atoms with Gasteiger partial charge in [-0.1, -0.05) is 42.1 Å². The molecule has 3 rings (SSSR count). The lowest BCUT2D eigenvalue weighted by molar-refractivity contribution is -0.124. The second kappa shape index (κ2) is 5.91. The minimum Gasteiger partial charge on any atom is -0.368 e. The van der Waals surface area contributed by atoms with Crippen molar-refractivity contribution < 1.29 is 4.79 Å². The Morgan fingerprint density at radius 2 is 2.19 bits per heavy atom. The van der Waals surface area contributed by atoms with Crippen LogP contribution in [0.25, 0.3) is 0 Å². The maximum atomic E-state index is 12.3. The highest BCUT2D eigenvalue weighted by molar-refractivity contribution is 7.99. The smallest absolute Gasteiger partial charge is 0.243 e. The first-order valence-electron chi connectivity index (χ1n) is 6.96. The number of benzene rings is 1. The van der Waals surface area contributed by atoms with Crippen LogP contribution in [-0.4, -0.2) is 27.7 Å². The molecule has 1 heterocycles. The standard InChI is InChI=1S/C15H18N4OS/c16-13(20)15(19-12-6-7-12,11-4-2-1-3-5-11)10-21-14-17-8-9-18-14/h1-5,8-9,12,19H,6-7,10H2,(H2,16,20)(H,17,18). The van der Waals surface area contributed by atoms with Crippen LogP contribution in [0.2, 0.25) is 0 Å². The highest BCUT2D eigenvalue weighted by Crippen LogP contribution is 2.33. The van der Waals surface area contributed by atoms with Gasteiger partial charge >= 0.3 is 0 Å². The Balaban J connectivity index is 1.89. The van der Waals surface area contributed by atoms with E-state index in [0.29, 0.717) is 11.8 Å². The Hall–Kier alpha value is -1.79. The first-order chi connectivity index (χ1) is 10.2. The Labute approximate surface area is 127 Å². The minimum absolute atomic E-state index is 0.348. The Bertz CT molecular complexity index is 597. The monoisotopic (exact) mass is 302 g/mol. The van der Waals surface area contributed by atoms with Crippen molar-refractivity contribution in [2.45, 2.75) is 29.6 Å². The van der Waals surface area contributed by atoms with E-state index in [4.69, 9.17) is 5.73 Å². The number of rotatable bonds is 7. The summed E-state index contributed by atoms with van der Waals surface area (Å²) in [6.45, 7) is 0. The molecule has 1 fully saturated rings. The molecule has 1 aliphatic rings. The van der Waals surface area contributed by atoms with Gasteiger partial charge in [-0.3, -0.25) is 10.1 Å². The number of aromatic nitrogens is 2. The molecular weight excluding hydrogens is 284 g/mol. The molecule has 4 N–H and O–H groups in total. The minimum atomic E-state index is -0.861. The molecule has 0 aliphatic heterocycles. The molecule has 0 spiro atoms. The van der Waals surface area contributed by atoms with Crippen molar-refractivity contribution in [3.8, 4) is 0 Å². The summed E-state index contributed by atoms with van der Waals surface area (Å²) >= 11 is 1.50. The third kappa shape index (κ3) is 3.11. The van der Waals surface area contributed by atoms with Crippen LogP contribution in [-0.2, 0) is 10.3 Å². The van der Waals surface area contributed by atoms with Gasteiger partial charge in [0.05, 0.1) is 0 Å². The van der Waals surface area contributed by atoms with Crippen LogP contribution in [0.5, 0.6) is 0 Å². The Kier molecular flexibility index (Phi) is 3.98. The largest absolute Gasteiger partial charge is 0.368 e. The van der Waals surface area contributed by atoms with Gasteiger partial charge in [-0.25, -0.2) is 4.98 Å². The SMILES string of the molecule is NC(=O)C(CSc1ncc[nH]1)(NC1CC1)c1ccccc1. The zero-order chi connectivity index (χ0) is 14.7. The average molecular weight is 302 g/mol. The van der Waals surface area contributed by atoms with Gasteiger partial charge < -0.3 is 10.7 Å². The van der Waals surface area contributed by atoms with E-state index in [0.717, 1.165) is 23.6 Å². The van der Waals surface area contributed by atoms with Gasteiger partial charge in [0, 0.05) is 24.2 Å². The third-order valence-electron chi connectivity index (χ3n) is 3.61. The van der Waals surface area contributed by atoms with E-state index in [-0.39, 0.29) is 5.91 Å². The van der Waals surface area contributed by atoms with Crippen LogP contribution in [0, 0.1) is 0 Å². The number of imidazole rings is 1. The van der Waals surface area contributed by atoms with Gasteiger partial charge in [0.1, 0.15) is 5.54 Å². The summed E-state index contributed by atoms with van der Waals surface area (Å²) in [5.74, 6) is 0.163. The summed E-state index contributed by atoms with van der Waals surface area (Å²) in [6, 6.07) is 10.1. The molecule has 0 saturated heterocycles. The quantitative estimate of drug-likeness (QED) is 0.679. The summed E-state index contributed by atoms with van der Waals surface area (Å²) in [5.41, 5.74) is 5.82. The van der Waals surface area contributed by atoms with Crippen LogP contribution in [0.4, 0.5) is 0 Å². The molecule has 1 saturated carbocycles. The van der Waals surface area contributed by atoms with Gasteiger partial charge in [0.15, 0.2) is 5.16 Å². The fourth-order valence-corrected chi connectivity index (χ4v) is 3.33. The normalized spacial score (nSPS) is 17.3. The first-order valence-corrected chi connectivity index (χ1v) is 7.94. The molecule has 5 nitrogen and oxygen atoms in total. The number of nitrogens with zero attached hydrogens (tertiary/aromatic N) is 1. The number of amides is 1. The lowest BCUT2D eigenvalue weighted by Gasteiger charge is -2.32. The molecule has 0 radical (unpaired) electrons. The van der Waals surface area contributed by atoms with Crippen molar-refractivity contribution in [3.63, 3.8) is 0 Å². The number of thioether (sulfide) groups is 1. The molecule has 2 aromatic rings. The fourth-order valence-electron chi connectivity index (χ4n) is 2.30. The molecule has 1 aromatic carbocycles. The van der Waals surface area contributed by atoms with Gasteiger partial charge in [-0.2, -0.15) is 0 Å². The molecule has 1 unspecified atom stereocenters. The molecule has 1 aliphatic carbocycles. The number of nitrogens with two attached hydrogens (primary N) is 1. The summed E-state index contributed by atoms with van der Waals surface area (Å²) in [6.07, 6.45) is 5.65. The van der Waals surface area contributed by atoms with E-state index in [1.807, 2.05) is 30.3 Å². The molecule has 0 bridgehead atoms. The number of primary amides is 1. The van der Waals surface area contributed by atoms with Crippen LogP contribution < -0.4 is 11.1 Å². The maximum Gasteiger partial charge on any atom is 0.243 e. The number of nitrogens with one attached hydrogen (secondary N) is 2. The predicted molar refractivity (Wildman–Crippen MR) is 82.8 cm³/mol. The number of H-pyrrole nitrogens is 1. The second-order valence-electron chi connectivity index (χ2n) is 5.24. The van der Waals surface area contributed by atoms with Crippen molar-refractivity contribution in [2.75, 3.05) is 5.75 Å². The lowest BCUT2D eigenvalue weighted by atomic mass is 9.91. The molecule has 1 aromatic heterocycles. The van der Waals surface area contributed by atoms with E-state index < -0.39 is 5.54 Å². The lowest BCUT2D eigenvalue weighted by Crippen LogP contribution is -2.55. The van der Waals surface area contributed by atoms with Crippen molar-refractivity contribution >= 4 is 17.7 Å². The second-order valence-corrected chi connectivity index (χ2v) is 6.20. The molecule has 110 valence electrons. The summed E-state index contributed by atoms with van der Waals surface area (Å²) in [4.78, 5) is 19.5. The molecule has 6 heteroatoms. The fraction of sp³-hybridized carbons (Fsp3) is 0.333. The molecular formula is C15H18N4OS. The van der Waals surface area contributed by atoms with Crippen molar-refractivity contribution in [1.82, 2.24) is 15.3 Å². The number of hydrogen-bond donors (Lipinski definition) is 3. The van der Waals surface area contributed by atoms with Crippen LogP contribution in [0.3, 0.4) is 0 Å². The van der Waals surface area contributed by atoms with Crippen molar-refractivity contribution in [1.29, 1.82) is 0 Å². The summed E-state index contributed by atoms with van der Waals surface area (Å²) < 4.78 is 0. The zero-order valence-corrected chi connectivity index (χ0v) is 12.4. The third-order valence-corrected chi connectivity index (χ3v) is 4.69. The van der Waals surface area contributed by atoms with E-state index in [2.05, 4.69) is 15.3 Å². The Morgan fingerprint density at radius 3 is 2.76 bits per heavy atom. The van der Waals surface area contributed by atoms with E-state index >= 15 is 0 Å². The van der Waals surface area contributed by atoms with E-state index in [9.17, 15) is 4.79 Å². The van der Waals surface area contributed by atoms with E-state index in [1.54, 1.807) is 12.4 Å². The highest BCUT2D eigenvalue weighted by atomic mass is 32.2. The Morgan fingerprint density at radius 1 is 1.43 bits per heavy atom. The van der Waals surface area contributed by atoms with Gasteiger partial charge in [-0.15, -0.1) is 0 Å². The summed E-state index contributed by atoms with van der Waals surface area (Å²) in [7, 11) is 0. The zero-order valence-electron chi connectivity index (χ0n) is 11.6. The molecule has 1 amide bonds. The van der Waals surface area contributed by atoms with Gasteiger partial charge in [0.2, 0.25) is 5.91 Å². The molecule has 21 heavy (non-hydrogen) atoms. The van der Waals surface area contributed by atoms with Crippen LogP contribution in [0.15, 0.2) is 47.9 Å². The van der Waals surface area contributed by atoms with E-state index in [1.165, 1.54) is 11.8 Å². The van der Waals surface area contributed by atoms with Crippen LogP contribution in [0.1, 0.15) is 18.4 Å². The summed E-state index contributed by atoms with van der Waals surface area (Å²) in [5, 5.41) is 4.23. The average Bonchev–Trinajstić information content (AvgIpc) is 3.16.